The Balaban J connectivity index is 3.99. The molecule has 0 aromatic heterocycles. The predicted molar refractivity (Wildman–Crippen MR) is 28.1 cm³/mol. The molecular formula is C4H3ClF2O3. The molecule has 0 aliphatic carbocycles. The van der Waals surface area contributed by atoms with E-state index in [2.05, 4.69) is 11.6 Å². The maximum Gasteiger partial charge on any atom is 0.381 e. The van der Waals surface area contributed by atoms with Crippen molar-refractivity contribution in [1.29, 1.82) is 0 Å². The third-order valence-corrected chi connectivity index (χ3v) is 0.839. The number of hydrogen-bond donors (Lipinski definition) is 1. The van der Waals surface area contributed by atoms with E-state index in [1.165, 1.54) is 0 Å². The maximum atomic E-state index is 11.6. The first-order chi connectivity index (χ1) is 4.34. The molecule has 0 aliphatic rings. The molecule has 0 saturated heterocycles. The van der Waals surface area contributed by atoms with E-state index in [1.807, 2.05) is 0 Å². The highest BCUT2D eigenvalue weighted by molar-refractivity contribution is 6.33. The lowest BCUT2D eigenvalue weighted by Crippen LogP contribution is -2.23. The number of carbonyl (C=O) groups excluding carboxylic acids is 1. The fourth-order valence-electron chi connectivity index (χ4n) is 0.238. The molecule has 0 unspecified atom stereocenters. The number of carbonyl (C=O) groups is 2. The molecule has 1 N–H and O–H groups in total. The lowest BCUT2D eigenvalue weighted by atomic mass is 10.3. The second-order valence-corrected chi connectivity index (χ2v) is 1.97. The molecule has 0 aromatic rings. The number of aliphatic carboxylic acids is 1. The van der Waals surface area contributed by atoms with E-state index in [0.717, 1.165) is 0 Å². The molecule has 0 aliphatic heterocycles. The Morgan fingerprint density at radius 2 is 1.90 bits per heavy atom. The van der Waals surface area contributed by atoms with Gasteiger partial charge in [0.25, 0.3) is 0 Å². The lowest BCUT2D eigenvalue weighted by Gasteiger charge is -2.02. The quantitative estimate of drug-likeness (QED) is 0.508. The van der Waals surface area contributed by atoms with Crippen molar-refractivity contribution in [3.63, 3.8) is 0 Å². The van der Waals surface area contributed by atoms with E-state index in [9.17, 15) is 18.4 Å². The van der Waals surface area contributed by atoms with Gasteiger partial charge in [0.1, 0.15) is 6.42 Å². The van der Waals surface area contributed by atoms with E-state index in [1.54, 1.807) is 0 Å². The van der Waals surface area contributed by atoms with E-state index in [-0.39, 0.29) is 0 Å². The predicted octanol–water partition coefficient (Wildman–Crippen LogP) is 0.862. The van der Waals surface area contributed by atoms with Gasteiger partial charge in [0.15, 0.2) is 0 Å². The molecular weight excluding hydrogens is 169 g/mol. The van der Waals surface area contributed by atoms with Gasteiger partial charge in [0.2, 0.25) is 5.78 Å². The second kappa shape index (κ2) is 2.92. The van der Waals surface area contributed by atoms with Gasteiger partial charge in [-0.2, -0.15) is 8.78 Å². The SMILES string of the molecule is O=C(O)CC(=O)C(F)(F)Cl. The fraction of sp³-hybridized carbons (Fsp3) is 0.500. The highest BCUT2D eigenvalue weighted by Gasteiger charge is 2.36. The van der Waals surface area contributed by atoms with Crippen molar-refractivity contribution < 1.29 is 23.5 Å². The Kier molecular flexibility index (Phi) is 2.71. The number of halogens is 3. The Hall–Kier alpha value is -0.710. The normalized spacial score (nSPS) is 11.1. The summed E-state index contributed by atoms with van der Waals surface area (Å²) in [6.07, 6.45) is -1.25. The van der Waals surface area contributed by atoms with Crippen molar-refractivity contribution in [3.05, 3.63) is 0 Å². The lowest BCUT2D eigenvalue weighted by molar-refractivity contribution is -0.145. The van der Waals surface area contributed by atoms with Crippen molar-refractivity contribution in [2.45, 2.75) is 11.8 Å². The van der Waals surface area contributed by atoms with Gasteiger partial charge in [-0.1, -0.05) is 0 Å². The average molecular weight is 173 g/mol. The second-order valence-electron chi connectivity index (χ2n) is 1.49. The standard InChI is InChI=1S/C4H3ClF2O3/c5-4(6,7)2(8)1-3(9)10/h1H2,(H,9,10). The topological polar surface area (TPSA) is 54.4 Å². The minimum absolute atomic E-state index is 1.25. The van der Waals surface area contributed by atoms with Gasteiger partial charge in [-0.15, -0.1) is 0 Å². The van der Waals surface area contributed by atoms with Crippen LogP contribution in [0, 0.1) is 0 Å². The fourth-order valence-corrected chi connectivity index (χ4v) is 0.304. The summed E-state index contributed by atoms with van der Waals surface area (Å²) in [5.74, 6) is -3.42. The van der Waals surface area contributed by atoms with Crippen LogP contribution in [0.4, 0.5) is 8.78 Å². The van der Waals surface area contributed by atoms with Crippen LogP contribution in [-0.4, -0.2) is 22.2 Å². The molecule has 0 amide bonds. The highest BCUT2D eigenvalue weighted by Crippen LogP contribution is 2.20. The summed E-state index contributed by atoms with van der Waals surface area (Å²) in [6.45, 7) is 0. The van der Waals surface area contributed by atoms with Crippen LogP contribution in [0.1, 0.15) is 6.42 Å². The molecule has 0 atom stereocenters. The molecule has 0 fully saturated rings. The van der Waals surface area contributed by atoms with Crippen molar-refractivity contribution >= 4 is 23.4 Å². The first-order valence-corrected chi connectivity index (χ1v) is 2.53. The van der Waals surface area contributed by atoms with Gasteiger partial charge in [-0.3, -0.25) is 9.59 Å². The van der Waals surface area contributed by atoms with E-state index >= 15 is 0 Å². The van der Waals surface area contributed by atoms with E-state index in [4.69, 9.17) is 5.11 Å². The molecule has 0 saturated carbocycles. The Morgan fingerprint density at radius 1 is 1.50 bits per heavy atom. The zero-order valence-corrected chi connectivity index (χ0v) is 5.36. The Morgan fingerprint density at radius 3 is 2.00 bits per heavy atom. The molecule has 6 heteroatoms. The van der Waals surface area contributed by atoms with E-state index in [0.29, 0.717) is 0 Å². The summed E-state index contributed by atoms with van der Waals surface area (Å²) in [4.78, 5) is 19.7. The number of hydrogen-bond acceptors (Lipinski definition) is 2. The zero-order chi connectivity index (χ0) is 8.36. The van der Waals surface area contributed by atoms with Gasteiger partial charge in [-0.05, 0) is 11.6 Å². The van der Waals surface area contributed by atoms with Gasteiger partial charge >= 0.3 is 11.4 Å². The summed E-state index contributed by atoms with van der Waals surface area (Å²) in [5.41, 5.74) is 0. The van der Waals surface area contributed by atoms with Gasteiger partial charge in [0, 0.05) is 0 Å². The van der Waals surface area contributed by atoms with Crippen LogP contribution in [0.3, 0.4) is 0 Å². The van der Waals surface area contributed by atoms with Gasteiger partial charge in [-0.25, -0.2) is 0 Å². The molecule has 0 bridgehead atoms. The highest BCUT2D eigenvalue weighted by atomic mass is 35.5. The smallest absolute Gasteiger partial charge is 0.381 e. The summed E-state index contributed by atoms with van der Waals surface area (Å²) >= 11 is 4.18. The number of rotatable bonds is 3. The largest absolute Gasteiger partial charge is 0.481 e. The van der Waals surface area contributed by atoms with Crippen LogP contribution < -0.4 is 0 Å². The molecule has 0 radical (unpaired) electrons. The van der Waals surface area contributed by atoms with Crippen molar-refractivity contribution in [3.8, 4) is 0 Å². The number of alkyl halides is 3. The molecule has 0 aromatic carbocycles. The summed E-state index contributed by atoms with van der Waals surface area (Å²) in [5, 5.41) is 3.78. The van der Waals surface area contributed by atoms with Crippen LogP contribution in [0.2, 0.25) is 0 Å². The molecule has 10 heavy (non-hydrogen) atoms. The number of carboxylic acids is 1. The van der Waals surface area contributed by atoms with Crippen LogP contribution in [0.15, 0.2) is 0 Å². The number of carboxylic acid groups (broad SMARTS) is 1. The summed E-state index contributed by atoms with van der Waals surface area (Å²) < 4.78 is 23.3. The van der Waals surface area contributed by atoms with Crippen LogP contribution in [-0.2, 0) is 9.59 Å². The first kappa shape index (κ1) is 9.29. The average Bonchev–Trinajstić information content (AvgIpc) is 1.60. The third kappa shape index (κ3) is 3.34. The molecule has 3 nitrogen and oxygen atoms in total. The van der Waals surface area contributed by atoms with Crippen molar-refractivity contribution in [2.24, 2.45) is 0 Å². The maximum absolute atomic E-state index is 11.6. The Bertz CT molecular complexity index is 162. The van der Waals surface area contributed by atoms with Crippen molar-refractivity contribution in [2.75, 3.05) is 0 Å². The molecule has 58 valence electrons. The minimum atomic E-state index is -4.06. The van der Waals surface area contributed by atoms with Crippen LogP contribution >= 0.6 is 11.6 Å². The molecule has 0 rings (SSSR count). The van der Waals surface area contributed by atoms with Crippen LogP contribution in [0.5, 0.6) is 0 Å². The Labute approximate surface area is 59.6 Å². The summed E-state index contributed by atoms with van der Waals surface area (Å²) in [7, 11) is 0. The third-order valence-electron chi connectivity index (χ3n) is 0.628. The minimum Gasteiger partial charge on any atom is -0.481 e. The number of Topliss-reactive ketones (excluding diaryl/α,β-unsaturated/α-hetero) is 1. The zero-order valence-electron chi connectivity index (χ0n) is 4.60. The summed E-state index contributed by atoms with van der Waals surface area (Å²) in [6, 6.07) is 0. The van der Waals surface area contributed by atoms with Gasteiger partial charge < -0.3 is 5.11 Å². The van der Waals surface area contributed by atoms with Gasteiger partial charge in [0.05, 0.1) is 0 Å². The molecule has 0 spiro atoms. The first-order valence-electron chi connectivity index (χ1n) is 2.16. The van der Waals surface area contributed by atoms with Crippen LogP contribution in [0.25, 0.3) is 0 Å². The number of ketones is 1. The van der Waals surface area contributed by atoms with E-state index < -0.39 is 23.6 Å². The van der Waals surface area contributed by atoms with Crippen molar-refractivity contribution in [1.82, 2.24) is 0 Å². The molecule has 0 heterocycles. The monoisotopic (exact) mass is 172 g/mol.